The minimum atomic E-state index is 0.0275. The normalized spacial score (nSPS) is 11.1. The number of aromatic nitrogens is 2. The van der Waals surface area contributed by atoms with Crippen molar-refractivity contribution in [1.82, 2.24) is 14.9 Å². The molecule has 6 heteroatoms. The molecule has 0 fully saturated rings. The van der Waals surface area contributed by atoms with Crippen LogP contribution in [0.5, 0.6) is 5.75 Å². The number of fused-ring (bicyclic) bond motifs is 1. The minimum Gasteiger partial charge on any atom is -0.494 e. The fourth-order valence-electron chi connectivity index (χ4n) is 3.89. The molecule has 0 aliphatic carbocycles. The van der Waals surface area contributed by atoms with Crippen molar-refractivity contribution < 1.29 is 9.53 Å². The van der Waals surface area contributed by atoms with Crippen LogP contribution in [0, 0.1) is 6.92 Å². The first-order valence-electron chi connectivity index (χ1n) is 11.7. The first kappa shape index (κ1) is 23.1. The van der Waals surface area contributed by atoms with E-state index in [0.717, 1.165) is 60.6 Å². The maximum absolute atomic E-state index is 12.0. The second-order valence-electron chi connectivity index (χ2n) is 8.23. The molecule has 172 valence electrons. The number of rotatable bonds is 12. The molecule has 4 rings (SSSR count). The number of amides is 1. The lowest BCUT2D eigenvalue weighted by Crippen LogP contribution is -2.23. The topological polar surface area (TPSA) is 56.1 Å². The van der Waals surface area contributed by atoms with Crippen LogP contribution in [-0.2, 0) is 13.0 Å². The standard InChI is InChI=1S/C27H31N3O2S/c1-21-13-15-22(16-14-21)32-19-8-18-30-24-10-5-4-9-23(24)29-26(30)12-3-2-6-17-28-27(31)25-11-7-20-33-25/h4-5,7,9-11,13-16,20H,2-3,6,8,12,17-19H2,1H3,(H,28,31). The molecular formula is C27H31N3O2S. The zero-order chi connectivity index (χ0) is 22.9. The van der Waals surface area contributed by atoms with Crippen molar-refractivity contribution >= 4 is 28.3 Å². The molecule has 2 aromatic carbocycles. The molecule has 0 atom stereocenters. The van der Waals surface area contributed by atoms with E-state index in [-0.39, 0.29) is 5.91 Å². The third-order valence-corrected chi connectivity index (χ3v) is 6.53. The quantitative estimate of drug-likeness (QED) is 0.263. The zero-order valence-corrected chi connectivity index (χ0v) is 19.9. The summed E-state index contributed by atoms with van der Waals surface area (Å²) in [4.78, 5) is 17.7. The monoisotopic (exact) mass is 461 g/mol. The third kappa shape index (κ3) is 6.45. The zero-order valence-electron chi connectivity index (χ0n) is 19.1. The van der Waals surface area contributed by atoms with Gasteiger partial charge in [-0.15, -0.1) is 11.3 Å². The molecule has 0 unspecified atom stereocenters. The van der Waals surface area contributed by atoms with Crippen molar-refractivity contribution in [2.75, 3.05) is 13.2 Å². The van der Waals surface area contributed by atoms with E-state index in [1.54, 1.807) is 0 Å². The highest BCUT2D eigenvalue weighted by Gasteiger charge is 2.10. The lowest BCUT2D eigenvalue weighted by atomic mass is 10.2. The fraction of sp³-hybridized carbons (Fsp3) is 0.333. The smallest absolute Gasteiger partial charge is 0.261 e. The number of ether oxygens (including phenoxy) is 1. The predicted octanol–water partition coefficient (Wildman–Crippen LogP) is 6.02. The molecule has 0 aliphatic heterocycles. The maximum atomic E-state index is 12.0. The number of benzene rings is 2. The van der Waals surface area contributed by atoms with Crippen LogP contribution in [0.1, 0.15) is 46.7 Å². The van der Waals surface area contributed by atoms with E-state index in [9.17, 15) is 4.79 Å². The number of aryl methyl sites for hydroxylation is 3. The Hall–Kier alpha value is -3.12. The lowest BCUT2D eigenvalue weighted by molar-refractivity contribution is 0.0957. The number of carbonyl (C=O) groups excluding carboxylic acids is 1. The molecule has 1 N–H and O–H groups in total. The largest absolute Gasteiger partial charge is 0.494 e. The van der Waals surface area contributed by atoms with Gasteiger partial charge in [-0.05, 0) is 61.9 Å². The second kappa shape index (κ2) is 11.7. The lowest BCUT2D eigenvalue weighted by Gasteiger charge is -2.11. The predicted molar refractivity (Wildman–Crippen MR) is 135 cm³/mol. The summed E-state index contributed by atoms with van der Waals surface area (Å²) in [6.45, 7) is 4.36. The Morgan fingerprint density at radius 1 is 1.00 bits per heavy atom. The molecule has 2 heterocycles. The van der Waals surface area contributed by atoms with Gasteiger partial charge in [-0.1, -0.05) is 42.3 Å². The Kier molecular flexibility index (Phi) is 8.14. The number of thiophene rings is 1. The number of para-hydroxylation sites is 2. The number of unbranched alkanes of at least 4 members (excludes halogenated alkanes) is 2. The molecular weight excluding hydrogens is 430 g/mol. The van der Waals surface area contributed by atoms with E-state index in [1.807, 2.05) is 35.7 Å². The van der Waals surface area contributed by atoms with Gasteiger partial charge in [0.2, 0.25) is 0 Å². The van der Waals surface area contributed by atoms with Crippen molar-refractivity contribution in [2.45, 2.75) is 45.6 Å². The molecule has 5 nitrogen and oxygen atoms in total. The van der Waals surface area contributed by atoms with E-state index in [4.69, 9.17) is 9.72 Å². The first-order valence-corrected chi connectivity index (χ1v) is 12.5. The Bertz CT molecular complexity index is 1150. The minimum absolute atomic E-state index is 0.0275. The molecule has 0 radical (unpaired) electrons. The molecule has 4 aromatic rings. The van der Waals surface area contributed by atoms with Crippen LogP contribution in [0.2, 0.25) is 0 Å². The number of hydrogen-bond donors (Lipinski definition) is 1. The van der Waals surface area contributed by atoms with Gasteiger partial charge in [0, 0.05) is 19.5 Å². The van der Waals surface area contributed by atoms with Crippen molar-refractivity contribution in [3.05, 3.63) is 82.3 Å². The number of carbonyl (C=O) groups is 1. The molecule has 0 saturated heterocycles. The van der Waals surface area contributed by atoms with Gasteiger partial charge in [-0.2, -0.15) is 0 Å². The summed E-state index contributed by atoms with van der Waals surface area (Å²) in [6, 6.07) is 20.3. The molecule has 0 saturated carbocycles. The van der Waals surface area contributed by atoms with Crippen LogP contribution in [0.25, 0.3) is 11.0 Å². The highest BCUT2D eigenvalue weighted by atomic mass is 32.1. The summed E-state index contributed by atoms with van der Waals surface area (Å²) in [7, 11) is 0. The Labute approximate surface area is 199 Å². The van der Waals surface area contributed by atoms with E-state index < -0.39 is 0 Å². The van der Waals surface area contributed by atoms with Crippen molar-refractivity contribution in [3.8, 4) is 5.75 Å². The second-order valence-corrected chi connectivity index (χ2v) is 9.18. The van der Waals surface area contributed by atoms with Gasteiger partial charge in [0.1, 0.15) is 11.6 Å². The van der Waals surface area contributed by atoms with E-state index >= 15 is 0 Å². The summed E-state index contributed by atoms with van der Waals surface area (Å²) in [5.41, 5.74) is 3.47. The highest BCUT2D eigenvalue weighted by molar-refractivity contribution is 7.12. The molecule has 2 aromatic heterocycles. The van der Waals surface area contributed by atoms with Gasteiger partial charge < -0.3 is 14.6 Å². The number of nitrogens with one attached hydrogen (secondary N) is 1. The Balaban J connectivity index is 1.25. The van der Waals surface area contributed by atoms with Crippen molar-refractivity contribution in [2.24, 2.45) is 0 Å². The van der Waals surface area contributed by atoms with Crippen molar-refractivity contribution in [3.63, 3.8) is 0 Å². The van der Waals surface area contributed by atoms with Gasteiger partial charge in [-0.3, -0.25) is 4.79 Å². The van der Waals surface area contributed by atoms with Crippen LogP contribution < -0.4 is 10.1 Å². The third-order valence-electron chi connectivity index (χ3n) is 5.66. The van der Waals surface area contributed by atoms with Crippen LogP contribution in [-0.4, -0.2) is 28.6 Å². The Morgan fingerprint density at radius 3 is 2.67 bits per heavy atom. The van der Waals surface area contributed by atoms with Gasteiger partial charge in [-0.25, -0.2) is 4.98 Å². The number of imidazole rings is 1. The highest BCUT2D eigenvalue weighted by Crippen LogP contribution is 2.19. The summed E-state index contributed by atoms with van der Waals surface area (Å²) >= 11 is 1.48. The molecule has 1 amide bonds. The molecule has 0 aliphatic rings. The fourth-order valence-corrected chi connectivity index (χ4v) is 4.53. The summed E-state index contributed by atoms with van der Waals surface area (Å²) in [5, 5.41) is 4.93. The van der Waals surface area contributed by atoms with Crippen LogP contribution in [0.15, 0.2) is 66.0 Å². The average Bonchev–Trinajstić information content (AvgIpc) is 3.49. The molecule has 0 spiro atoms. The van der Waals surface area contributed by atoms with Gasteiger partial charge in [0.25, 0.3) is 5.91 Å². The Morgan fingerprint density at radius 2 is 1.85 bits per heavy atom. The van der Waals surface area contributed by atoms with Crippen molar-refractivity contribution in [1.29, 1.82) is 0 Å². The average molecular weight is 462 g/mol. The summed E-state index contributed by atoms with van der Waals surface area (Å²) in [5.74, 6) is 2.08. The first-order chi connectivity index (χ1) is 16.2. The SMILES string of the molecule is Cc1ccc(OCCCn2c(CCCCCNC(=O)c3cccs3)nc3ccccc32)cc1. The number of nitrogens with zero attached hydrogens (tertiary/aromatic N) is 2. The molecule has 33 heavy (non-hydrogen) atoms. The van der Waals surface area contributed by atoms with Crippen LogP contribution in [0.3, 0.4) is 0 Å². The van der Waals surface area contributed by atoms with E-state index in [2.05, 4.69) is 47.1 Å². The summed E-state index contributed by atoms with van der Waals surface area (Å²) < 4.78 is 8.25. The summed E-state index contributed by atoms with van der Waals surface area (Å²) in [6.07, 6.45) is 4.95. The molecule has 0 bridgehead atoms. The van der Waals surface area contributed by atoms with Gasteiger partial charge >= 0.3 is 0 Å². The van der Waals surface area contributed by atoms with Crippen LogP contribution >= 0.6 is 11.3 Å². The van der Waals surface area contributed by atoms with E-state index in [0.29, 0.717) is 13.2 Å². The maximum Gasteiger partial charge on any atom is 0.261 e. The van der Waals surface area contributed by atoms with Crippen LogP contribution in [0.4, 0.5) is 0 Å². The van der Waals surface area contributed by atoms with E-state index in [1.165, 1.54) is 22.4 Å². The van der Waals surface area contributed by atoms with Gasteiger partial charge in [0.05, 0.1) is 22.5 Å². The van der Waals surface area contributed by atoms with Gasteiger partial charge in [0.15, 0.2) is 0 Å². The number of hydrogen-bond acceptors (Lipinski definition) is 4.